The van der Waals surface area contributed by atoms with E-state index in [0.717, 1.165) is 12.8 Å². The Hall–Kier alpha value is -2.62. The molecule has 0 atom stereocenters. The van der Waals surface area contributed by atoms with Crippen LogP contribution < -0.4 is 5.43 Å². The Bertz CT molecular complexity index is 679. The number of hydrazone groups is 1. The number of unbranched alkanes of at least 4 members (excludes halogenated alkanes) is 1. The van der Waals surface area contributed by atoms with Crippen molar-refractivity contribution < 1.29 is 9.53 Å². The van der Waals surface area contributed by atoms with Crippen molar-refractivity contribution in [1.82, 2.24) is 5.43 Å². The number of nitrogens with zero attached hydrogens (tertiary/aromatic N) is 1. The van der Waals surface area contributed by atoms with Gasteiger partial charge >= 0.3 is 6.09 Å². The fourth-order valence-electron chi connectivity index (χ4n) is 2.92. The van der Waals surface area contributed by atoms with E-state index in [2.05, 4.69) is 41.7 Å². The van der Waals surface area contributed by atoms with Crippen molar-refractivity contribution in [2.45, 2.75) is 25.7 Å². The van der Waals surface area contributed by atoms with E-state index < -0.39 is 6.09 Å². The molecule has 0 spiro atoms. The molecule has 0 fully saturated rings. The summed E-state index contributed by atoms with van der Waals surface area (Å²) in [5.74, 6) is 0.0766. The van der Waals surface area contributed by atoms with E-state index in [0.29, 0.717) is 6.61 Å². The van der Waals surface area contributed by atoms with Gasteiger partial charge in [0.1, 0.15) is 6.61 Å². The highest BCUT2D eigenvalue weighted by molar-refractivity contribution is 5.79. The van der Waals surface area contributed by atoms with Crippen LogP contribution in [0, 0.1) is 0 Å². The molecule has 0 bridgehead atoms. The summed E-state index contributed by atoms with van der Waals surface area (Å²) in [6.07, 6.45) is 3.00. The van der Waals surface area contributed by atoms with Crippen molar-refractivity contribution in [3.63, 3.8) is 0 Å². The van der Waals surface area contributed by atoms with E-state index in [4.69, 9.17) is 4.74 Å². The van der Waals surface area contributed by atoms with Crippen molar-refractivity contribution in [2.24, 2.45) is 5.10 Å². The summed E-state index contributed by atoms with van der Waals surface area (Å²) in [7, 11) is 0. The number of carbonyl (C=O) groups excluding carboxylic acids is 1. The number of carbonyl (C=O) groups is 1. The van der Waals surface area contributed by atoms with E-state index >= 15 is 0 Å². The third-order valence-corrected chi connectivity index (χ3v) is 4.01. The number of rotatable bonds is 5. The molecule has 23 heavy (non-hydrogen) atoms. The van der Waals surface area contributed by atoms with Crippen LogP contribution in [0.5, 0.6) is 0 Å². The molecule has 3 rings (SSSR count). The molecule has 2 aromatic carbocycles. The van der Waals surface area contributed by atoms with Gasteiger partial charge in [-0.3, -0.25) is 0 Å². The summed E-state index contributed by atoms with van der Waals surface area (Å²) < 4.78 is 5.36. The van der Waals surface area contributed by atoms with Crippen LogP contribution in [0.3, 0.4) is 0 Å². The highest BCUT2D eigenvalue weighted by Gasteiger charge is 2.28. The maximum absolute atomic E-state index is 11.7. The second-order valence-electron chi connectivity index (χ2n) is 5.54. The summed E-state index contributed by atoms with van der Waals surface area (Å²) in [5, 5.41) is 3.85. The smallest absolute Gasteiger partial charge is 0.427 e. The van der Waals surface area contributed by atoms with Crippen LogP contribution in [-0.2, 0) is 4.74 Å². The third kappa shape index (κ3) is 3.26. The average molecular weight is 308 g/mol. The first-order valence-electron chi connectivity index (χ1n) is 7.93. The number of fused-ring (bicyclic) bond motifs is 3. The van der Waals surface area contributed by atoms with E-state index in [9.17, 15) is 4.79 Å². The van der Waals surface area contributed by atoms with E-state index in [1.165, 1.54) is 22.3 Å². The monoisotopic (exact) mass is 308 g/mol. The van der Waals surface area contributed by atoms with Crippen molar-refractivity contribution >= 4 is 12.3 Å². The lowest BCUT2D eigenvalue weighted by molar-refractivity contribution is 0.143. The molecular formula is C19H20N2O2. The number of ether oxygens (including phenoxy) is 1. The predicted octanol–water partition coefficient (Wildman–Crippen LogP) is 4.31. The van der Waals surface area contributed by atoms with Crippen molar-refractivity contribution in [3.05, 3.63) is 59.7 Å². The van der Waals surface area contributed by atoms with Gasteiger partial charge in [-0.2, -0.15) is 5.10 Å². The average Bonchev–Trinajstić information content (AvgIpc) is 2.91. The van der Waals surface area contributed by atoms with Gasteiger partial charge in [0, 0.05) is 12.1 Å². The minimum absolute atomic E-state index is 0.0766. The lowest BCUT2D eigenvalue weighted by atomic mass is 9.98. The van der Waals surface area contributed by atoms with Crippen LogP contribution >= 0.6 is 0 Å². The summed E-state index contributed by atoms with van der Waals surface area (Å²) in [6, 6.07) is 16.5. The number of hydrogen-bond donors (Lipinski definition) is 1. The van der Waals surface area contributed by atoms with Gasteiger partial charge in [0.2, 0.25) is 0 Å². The van der Waals surface area contributed by atoms with Gasteiger partial charge in [0.25, 0.3) is 0 Å². The van der Waals surface area contributed by atoms with Crippen LogP contribution in [-0.4, -0.2) is 18.9 Å². The molecule has 118 valence electrons. The van der Waals surface area contributed by atoms with Crippen LogP contribution in [0.4, 0.5) is 4.79 Å². The standard InChI is InChI=1S/C19H20N2O2/c1-2-3-12-20-21-19(22)23-13-18-16-10-6-4-8-14(16)15-9-5-7-11-17(15)18/h4-12,18H,2-3,13H2,1H3,(H,21,22)/b20-12+. The van der Waals surface area contributed by atoms with Crippen LogP contribution in [0.1, 0.15) is 36.8 Å². The molecule has 1 amide bonds. The maximum Gasteiger partial charge on any atom is 0.427 e. The summed E-state index contributed by atoms with van der Waals surface area (Å²) in [5.41, 5.74) is 7.25. The van der Waals surface area contributed by atoms with Gasteiger partial charge in [0.15, 0.2) is 0 Å². The number of benzene rings is 2. The molecule has 0 aliphatic heterocycles. The molecule has 0 saturated heterocycles. The Morgan fingerprint density at radius 3 is 2.35 bits per heavy atom. The van der Waals surface area contributed by atoms with Crippen molar-refractivity contribution in [2.75, 3.05) is 6.61 Å². The summed E-state index contributed by atoms with van der Waals surface area (Å²) in [6.45, 7) is 2.36. The van der Waals surface area contributed by atoms with Gasteiger partial charge in [-0.25, -0.2) is 10.2 Å². The van der Waals surface area contributed by atoms with Gasteiger partial charge in [0.05, 0.1) is 0 Å². The Balaban J connectivity index is 1.70. The minimum Gasteiger partial charge on any atom is -0.447 e. The fourth-order valence-corrected chi connectivity index (χ4v) is 2.92. The molecule has 0 radical (unpaired) electrons. The van der Waals surface area contributed by atoms with Crippen molar-refractivity contribution in [1.29, 1.82) is 0 Å². The van der Waals surface area contributed by atoms with Crippen LogP contribution in [0.2, 0.25) is 0 Å². The number of nitrogens with one attached hydrogen (secondary N) is 1. The summed E-state index contributed by atoms with van der Waals surface area (Å²) in [4.78, 5) is 11.7. The third-order valence-electron chi connectivity index (χ3n) is 4.01. The SMILES string of the molecule is CCC/C=N/NC(=O)OCC1c2ccccc2-c2ccccc21. The molecule has 0 heterocycles. The molecule has 1 N–H and O–H groups in total. The zero-order valence-electron chi connectivity index (χ0n) is 13.2. The quantitative estimate of drug-likeness (QED) is 0.661. The van der Waals surface area contributed by atoms with Crippen LogP contribution in [0.25, 0.3) is 11.1 Å². The Morgan fingerprint density at radius 2 is 1.74 bits per heavy atom. The topological polar surface area (TPSA) is 50.7 Å². The zero-order valence-corrected chi connectivity index (χ0v) is 13.2. The zero-order chi connectivity index (χ0) is 16.1. The van der Waals surface area contributed by atoms with Gasteiger partial charge in [-0.05, 0) is 28.7 Å². The van der Waals surface area contributed by atoms with E-state index in [-0.39, 0.29) is 5.92 Å². The Morgan fingerprint density at radius 1 is 1.13 bits per heavy atom. The van der Waals surface area contributed by atoms with Crippen LogP contribution in [0.15, 0.2) is 53.6 Å². The molecule has 0 aromatic heterocycles. The highest BCUT2D eigenvalue weighted by Crippen LogP contribution is 2.44. The second kappa shape index (κ2) is 7.09. The maximum atomic E-state index is 11.7. The normalized spacial score (nSPS) is 12.9. The predicted molar refractivity (Wildman–Crippen MR) is 91.6 cm³/mol. The molecule has 1 aliphatic rings. The second-order valence-corrected chi connectivity index (χ2v) is 5.54. The molecule has 0 unspecified atom stereocenters. The molecular weight excluding hydrogens is 288 g/mol. The van der Waals surface area contributed by atoms with Crippen molar-refractivity contribution in [3.8, 4) is 11.1 Å². The first-order chi connectivity index (χ1) is 11.3. The summed E-state index contributed by atoms with van der Waals surface area (Å²) >= 11 is 0. The Kier molecular flexibility index (Phi) is 4.71. The first-order valence-corrected chi connectivity index (χ1v) is 7.93. The number of hydrogen-bond acceptors (Lipinski definition) is 3. The molecule has 4 nitrogen and oxygen atoms in total. The molecule has 0 saturated carbocycles. The fraction of sp³-hybridized carbons (Fsp3) is 0.263. The molecule has 4 heteroatoms. The molecule has 2 aromatic rings. The number of amides is 1. The largest absolute Gasteiger partial charge is 0.447 e. The lowest BCUT2D eigenvalue weighted by Crippen LogP contribution is -2.21. The van der Waals surface area contributed by atoms with Gasteiger partial charge in [-0.15, -0.1) is 0 Å². The van der Waals surface area contributed by atoms with Gasteiger partial charge < -0.3 is 4.74 Å². The highest BCUT2D eigenvalue weighted by atomic mass is 16.6. The van der Waals surface area contributed by atoms with Gasteiger partial charge in [-0.1, -0.05) is 61.9 Å². The Labute approximate surface area is 136 Å². The first kappa shape index (κ1) is 15.3. The molecule has 1 aliphatic carbocycles. The van der Waals surface area contributed by atoms with E-state index in [1.807, 2.05) is 24.3 Å². The van der Waals surface area contributed by atoms with E-state index in [1.54, 1.807) is 6.21 Å². The lowest BCUT2D eigenvalue weighted by Gasteiger charge is -2.13. The minimum atomic E-state index is -0.515.